The minimum absolute atomic E-state index is 0.0162. The number of ether oxygens (including phenoxy) is 1. The average molecular weight is 381 g/mol. The molecule has 0 aliphatic heterocycles. The topological polar surface area (TPSA) is 47.3 Å². The Bertz CT molecular complexity index is 951. The van der Waals surface area contributed by atoms with Crippen LogP contribution in [-0.2, 0) is 12.0 Å². The number of benzene rings is 2. The molecule has 0 aliphatic carbocycles. The van der Waals surface area contributed by atoms with Crippen LogP contribution in [0.1, 0.15) is 57.5 Å². The highest BCUT2D eigenvalue weighted by molar-refractivity contribution is 5.76. The van der Waals surface area contributed by atoms with Crippen LogP contribution in [0.2, 0.25) is 0 Å². The Morgan fingerprint density at radius 2 is 1.82 bits per heavy atom. The Labute approximate surface area is 168 Å². The lowest BCUT2D eigenvalue weighted by molar-refractivity contribution is 0.0915. The van der Waals surface area contributed by atoms with Gasteiger partial charge in [-0.3, -0.25) is 0 Å². The van der Waals surface area contributed by atoms with Crippen molar-refractivity contribution in [2.45, 2.75) is 65.5 Å². The van der Waals surface area contributed by atoms with Crippen molar-refractivity contribution in [3.8, 4) is 5.75 Å². The molecule has 1 heterocycles. The van der Waals surface area contributed by atoms with E-state index in [4.69, 9.17) is 9.72 Å². The van der Waals surface area contributed by atoms with Gasteiger partial charge in [0, 0.05) is 5.92 Å². The van der Waals surface area contributed by atoms with Gasteiger partial charge < -0.3 is 14.4 Å². The van der Waals surface area contributed by atoms with Gasteiger partial charge in [0.1, 0.15) is 24.3 Å². The molecule has 2 aromatic carbocycles. The van der Waals surface area contributed by atoms with Crippen molar-refractivity contribution in [2.75, 3.05) is 6.61 Å². The fourth-order valence-electron chi connectivity index (χ4n) is 3.53. The van der Waals surface area contributed by atoms with E-state index in [1.807, 2.05) is 24.3 Å². The maximum atomic E-state index is 10.7. The van der Waals surface area contributed by atoms with Crippen LogP contribution in [0.15, 0.2) is 42.5 Å². The minimum Gasteiger partial charge on any atom is -0.491 e. The number of aliphatic hydroxyl groups excluding tert-OH is 1. The number of imidazole rings is 1. The van der Waals surface area contributed by atoms with Crippen LogP contribution in [-0.4, -0.2) is 27.4 Å². The molecule has 3 rings (SSSR count). The summed E-state index contributed by atoms with van der Waals surface area (Å²) in [4.78, 5) is 4.75. The molecular weight excluding hydrogens is 348 g/mol. The predicted octanol–water partition coefficient (Wildman–Crippen LogP) is 5.21. The Balaban J connectivity index is 1.78. The third-order valence-corrected chi connectivity index (χ3v) is 4.97. The largest absolute Gasteiger partial charge is 0.491 e. The highest BCUT2D eigenvalue weighted by Gasteiger charge is 2.21. The third-order valence-electron chi connectivity index (χ3n) is 4.97. The van der Waals surface area contributed by atoms with Crippen molar-refractivity contribution in [1.82, 2.24) is 9.55 Å². The molecule has 1 N–H and O–H groups in total. The molecule has 0 bridgehead atoms. The zero-order valence-corrected chi connectivity index (χ0v) is 17.9. The number of rotatable bonds is 6. The Morgan fingerprint density at radius 3 is 2.50 bits per heavy atom. The van der Waals surface area contributed by atoms with Crippen LogP contribution < -0.4 is 4.74 Å². The molecule has 3 aromatic rings. The van der Waals surface area contributed by atoms with Gasteiger partial charge in [-0.1, -0.05) is 64.4 Å². The van der Waals surface area contributed by atoms with Crippen molar-refractivity contribution in [3.63, 3.8) is 0 Å². The quantitative estimate of drug-likeness (QED) is 0.639. The van der Waals surface area contributed by atoms with Gasteiger partial charge in [-0.25, -0.2) is 4.98 Å². The van der Waals surface area contributed by atoms with Gasteiger partial charge in [0.25, 0.3) is 0 Å². The summed E-state index contributed by atoms with van der Waals surface area (Å²) in [6, 6.07) is 14.3. The van der Waals surface area contributed by atoms with E-state index in [1.54, 1.807) is 0 Å². The van der Waals surface area contributed by atoms with Gasteiger partial charge in [0.05, 0.1) is 17.6 Å². The molecule has 0 saturated carbocycles. The number of aryl methyl sites for hydroxylation is 1. The predicted molar refractivity (Wildman–Crippen MR) is 115 cm³/mol. The normalized spacial score (nSPS) is 13.3. The number of nitrogens with zero attached hydrogens (tertiary/aromatic N) is 2. The van der Waals surface area contributed by atoms with Gasteiger partial charge in [-0.05, 0) is 36.1 Å². The highest BCUT2D eigenvalue weighted by Crippen LogP contribution is 2.32. The molecule has 28 heavy (non-hydrogen) atoms. The highest BCUT2D eigenvalue weighted by atomic mass is 16.5. The lowest BCUT2D eigenvalue weighted by Gasteiger charge is -2.24. The molecule has 1 unspecified atom stereocenters. The standard InChI is InChI=1S/C24H32N2O2/c1-16(2)23-25-20-9-7-8-10-21(20)26(23)14-18(27)15-28-22-12-11-17(3)13-19(22)24(4,5)6/h7-13,16,18,27H,14-15H2,1-6H3. The molecule has 0 fully saturated rings. The van der Waals surface area contributed by atoms with E-state index in [-0.39, 0.29) is 17.9 Å². The monoisotopic (exact) mass is 380 g/mol. The fourth-order valence-corrected chi connectivity index (χ4v) is 3.53. The maximum absolute atomic E-state index is 10.7. The summed E-state index contributed by atoms with van der Waals surface area (Å²) < 4.78 is 8.18. The van der Waals surface area contributed by atoms with E-state index < -0.39 is 6.10 Å². The van der Waals surface area contributed by atoms with E-state index in [1.165, 1.54) is 5.56 Å². The molecule has 1 aromatic heterocycles. The second-order valence-electron chi connectivity index (χ2n) is 8.94. The number of hydrogen-bond donors (Lipinski definition) is 1. The summed E-state index contributed by atoms with van der Waals surface area (Å²) in [7, 11) is 0. The van der Waals surface area contributed by atoms with Crippen LogP contribution in [0, 0.1) is 6.92 Å². The van der Waals surface area contributed by atoms with Gasteiger partial charge in [-0.15, -0.1) is 0 Å². The number of hydrogen-bond acceptors (Lipinski definition) is 3. The average Bonchev–Trinajstić information content (AvgIpc) is 2.99. The van der Waals surface area contributed by atoms with Crippen LogP contribution in [0.25, 0.3) is 11.0 Å². The van der Waals surface area contributed by atoms with Crippen molar-refractivity contribution >= 4 is 11.0 Å². The molecule has 0 amide bonds. The minimum atomic E-state index is -0.621. The first-order valence-corrected chi connectivity index (χ1v) is 10.0. The lowest BCUT2D eigenvalue weighted by atomic mass is 9.85. The van der Waals surface area contributed by atoms with E-state index >= 15 is 0 Å². The maximum Gasteiger partial charge on any atom is 0.123 e. The molecule has 0 radical (unpaired) electrons. The zero-order valence-electron chi connectivity index (χ0n) is 17.9. The Morgan fingerprint density at radius 1 is 1.11 bits per heavy atom. The van der Waals surface area contributed by atoms with E-state index in [0.29, 0.717) is 6.54 Å². The third kappa shape index (κ3) is 4.39. The first-order valence-electron chi connectivity index (χ1n) is 10.0. The fraction of sp³-hybridized carbons (Fsp3) is 0.458. The number of para-hydroxylation sites is 2. The molecule has 0 spiro atoms. The van der Waals surface area contributed by atoms with E-state index in [2.05, 4.69) is 64.3 Å². The summed E-state index contributed by atoms with van der Waals surface area (Å²) in [5, 5.41) is 10.7. The summed E-state index contributed by atoms with van der Waals surface area (Å²) in [5.41, 5.74) is 4.38. The van der Waals surface area contributed by atoms with Gasteiger partial charge in [0.2, 0.25) is 0 Å². The Hall–Kier alpha value is -2.33. The number of fused-ring (bicyclic) bond motifs is 1. The Kier molecular flexibility index (Phi) is 5.80. The molecule has 4 nitrogen and oxygen atoms in total. The van der Waals surface area contributed by atoms with Crippen molar-refractivity contribution < 1.29 is 9.84 Å². The lowest BCUT2D eigenvalue weighted by Crippen LogP contribution is -2.25. The van der Waals surface area contributed by atoms with Crippen LogP contribution in [0.4, 0.5) is 0 Å². The van der Waals surface area contributed by atoms with Crippen LogP contribution in [0.3, 0.4) is 0 Å². The van der Waals surface area contributed by atoms with Crippen LogP contribution in [0.5, 0.6) is 5.75 Å². The smallest absolute Gasteiger partial charge is 0.123 e. The SMILES string of the molecule is Cc1ccc(OCC(O)Cn2c(C(C)C)nc3ccccc32)c(C(C)(C)C)c1. The van der Waals surface area contributed by atoms with Crippen molar-refractivity contribution in [2.24, 2.45) is 0 Å². The summed E-state index contributed by atoms with van der Waals surface area (Å²) in [6.07, 6.45) is -0.621. The zero-order chi connectivity index (χ0) is 20.5. The molecule has 1 atom stereocenters. The van der Waals surface area contributed by atoms with Gasteiger partial charge >= 0.3 is 0 Å². The van der Waals surface area contributed by atoms with Gasteiger partial charge in [0.15, 0.2) is 0 Å². The van der Waals surface area contributed by atoms with E-state index in [0.717, 1.165) is 28.2 Å². The summed E-state index contributed by atoms with van der Waals surface area (Å²) >= 11 is 0. The summed E-state index contributed by atoms with van der Waals surface area (Å²) in [5.74, 6) is 2.12. The number of aromatic nitrogens is 2. The van der Waals surface area contributed by atoms with Crippen molar-refractivity contribution in [3.05, 3.63) is 59.4 Å². The molecular formula is C24H32N2O2. The second-order valence-corrected chi connectivity index (χ2v) is 8.94. The molecule has 4 heteroatoms. The molecule has 0 saturated heterocycles. The molecule has 0 aliphatic rings. The first kappa shape index (κ1) is 20.4. The summed E-state index contributed by atoms with van der Waals surface area (Å²) in [6.45, 7) is 13.6. The first-order chi connectivity index (χ1) is 13.2. The second kappa shape index (κ2) is 7.96. The van der Waals surface area contributed by atoms with Gasteiger partial charge in [-0.2, -0.15) is 0 Å². The van der Waals surface area contributed by atoms with Crippen LogP contribution >= 0.6 is 0 Å². The number of aliphatic hydroxyl groups is 1. The molecule has 150 valence electrons. The van der Waals surface area contributed by atoms with Crippen molar-refractivity contribution in [1.29, 1.82) is 0 Å². The van der Waals surface area contributed by atoms with E-state index in [9.17, 15) is 5.11 Å².